The van der Waals surface area contributed by atoms with Crippen molar-refractivity contribution in [1.82, 2.24) is 23.1 Å². The van der Waals surface area contributed by atoms with Crippen LogP contribution in [0.3, 0.4) is 0 Å². The van der Waals surface area contributed by atoms with Gasteiger partial charge in [0.1, 0.15) is 5.82 Å². The van der Waals surface area contributed by atoms with Gasteiger partial charge in [0.15, 0.2) is 11.2 Å². The lowest BCUT2D eigenvalue weighted by atomic mass is 10.1. The second kappa shape index (κ2) is 6.55. The molecule has 7 nitrogen and oxygen atoms in total. The standard InChI is InChI=1S/C22H18FN5O2/c1-25-19-18(20(29)26(2)22(25)30)28-13-17(15-8-10-16(23)11-9-15)27(21(28)24-19)12-14-6-4-3-5-7-14/h3-11,13H,12H2,1-2H3. The summed E-state index contributed by atoms with van der Waals surface area (Å²) in [5, 5.41) is 0. The lowest BCUT2D eigenvalue weighted by Gasteiger charge is -2.09. The van der Waals surface area contributed by atoms with Gasteiger partial charge in [0.25, 0.3) is 5.56 Å². The highest BCUT2D eigenvalue weighted by molar-refractivity contribution is 5.78. The van der Waals surface area contributed by atoms with Crippen LogP contribution in [-0.2, 0) is 20.6 Å². The molecule has 2 aromatic carbocycles. The maximum absolute atomic E-state index is 13.5. The number of hydrogen-bond acceptors (Lipinski definition) is 3. The summed E-state index contributed by atoms with van der Waals surface area (Å²) in [4.78, 5) is 29.8. The Morgan fingerprint density at radius 2 is 1.63 bits per heavy atom. The molecule has 0 saturated carbocycles. The lowest BCUT2D eigenvalue weighted by molar-refractivity contribution is 0.628. The fourth-order valence-corrected chi connectivity index (χ4v) is 3.79. The van der Waals surface area contributed by atoms with Crippen molar-refractivity contribution in [3.8, 4) is 11.3 Å². The molecule has 0 amide bonds. The number of nitrogens with zero attached hydrogens (tertiary/aromatic N) is 5. The van der Waals surface area contributed by atoms with Gasteiger partial charge >= 0.3 is 5.69 Å². The van der Waals surface area contributed by atoms with Gasteiger partial charge < -0.3 is 4.57 Å². The van der Waals surface area contributed by atoms with Gasteiger partial charge in [0.05, 0.1) is 12.2 Å². The predicted octanol–water partition coefficient (Wildman–Crippen LogP) is 2.54. The summed E-state index contributed by atoms with van der Waals surface area (Å²) in [6, 6.07) is 16.1. The first-order valence-electron chi connectivity index (χ1n) is 9.43. The number of hydrogen-bond donors (Lipinski definition) is 0. The molecule has 0 aliphatic carbocycles. The van der Waals surface area contributed by atoms with Crippen molar-refractivity contribution < 1.29 is 4.39 Å². The van der Waals surface area contributed by atoms with E-state index in [0.717, 1.165) is 21.4 Å². The second-order valence-corrected chi connectivity index (χ2v) is 7.25. The molecule has 8 heteroatoms. The fourth-order valence-electron chi connectivity index (χ4n) is 3.79. The Balaban J connectivity index is 1.87. The Kier molecular flexibility index (Phi) is 3.95. The molecule has 0 N–H and O–H groups in total. The van der Waals surface area contributed by atoms with Crippen LogP contribution in [0.4, 0.5) is 4.39 Å². The summed E-state index contributed by atoms with van der Waals surface area (Å²) in [5.74, 6) is 0.213. The molecule has 5 rings (SSSR count). The maximum atomic E-state index is 13.5. The van der Waals surface area contributed by atoms with Crippen molar-refractivity contribution in [3.63, 3.8) is 0 Å². The van der Waals surface area contributed by atoms with E-state index in [1.807, 2.05) is 41.1 Å². The zero-order chi connectivity index (χ0) is 21.0. The van der Waals surface area contributed by atoms with Crippen molar-refractivity contribution in [1.29, 1.82) is 0 Å². The smallest absolute Gasteiger partial charge is 0.305 e. The van der Waals surface area contributed by atoms with E-state index < -0.39 is 11.2 Å². The maximum Gasteiger partial charge on any atom is 0.332 e. The van der Waals surface area contributed by atoms with E-state index in [4.69, 9.17) is 0 Å². The van der Waals surface area contributed by atoms with E-state index >= 15 is 0 Å². The van der Waals surface area contributed by atoms with Gasteiger partial charge in [0, 0.05) is 20.3 Å². The molecule has 0 aliphatic heterocycles. The molecule has 0 fully saturated rings. The zero-order valence-corrected chi connectivity index (χ0v) is 16.4. The zero-order valence-electron chi connectivity index (χ0n) is 16.4. The van der Waals surface area contributed by atoms with E-state index in [-0.39, 0.29) is 5.82 Å². The van der Waals surface area contributed by atoms with Crippen LogP contribution in [0.1, 0.15) is 5.56 Å². The Labute approximate surface area is 169 Å². The Morgan fingerprint density at radius 3 is 2.33 bits per heavy atom. The summed E-state index contributed by atoms with van der Waals surface area (Å²) in [6.07, 6.45) is 1.81. The molecule has 150 valence electrons. The Hall–Kier alpha value is -3.94. The summed E-state index contributed by atoms with van der Waals surface area (Å²) in [5.41, 5.74) is 2.44. The van der Waals surface area contributed by atoms with E-state index in [2.05, 4.69) is 4.98 Å². The highest BCUT2D eigenvalue weighted by Crippen LogP contribution is 2.26. The van der Waals surface area contributed by atoms with Gasteiger partial charge in [0.2, 0.25) is 5.78 Å². The summed E-state index contributed by atoms with van der Waals surface area (Å²) < 4.78 is 19.6. The molecule has 3 aromatic heterocycles. The molecular weight excluding hydrogens is 385 g/mol. The van der Waals surface area contributed by atoms with Crippen LogP contribution in [-0.4, -0.2) is 23.1 Å². The third kappa shape index (κ3) is 2.61. The number of imidazole rings is 2. The van der Waals surface area contributed by atoms with Crippen LogP contribution in [0.2, 0.25) is 0 Å². The number of aromatic nitrogens is 5. The van der Waals surface area contributed by atoms with Crippen LogP contribution in [0.25, 0.3) is 28.2 Å². The van der Waals surface area contributed by atoms with E-state index in [1.165, 1.54) is 23.7 Å². The molecule has 0 aliphatic rings. The molecule has 3 heterocycles. The van der Waals surface area contributed by atoms with Crippen LogP contribution >= 0.6 is 0 Å². The molecule has 0 atom stereocenters. The van der Waals surface area contributed by atoms with E-state index in [1.54, 1.807) is 23.6 Å². The van der Waals surface area contributed by atoms with E-state index in [9.17, 15) is 14.0 Å². The van der Waals surface area contributed by atoms with E-state index in [0.29, 0.717) is 23.5 Å². The van der Waals surface area contributed by atoms with Crippen LogP contribution in [0.15, 0.2) is 70.4 Å². The fraction of sp³-hybridized carbons (Fsp3) is 0.136. The normalized spacial score (nSPS) is 11.6. The third-order valence-electron chi connectivity index (χ3n) is 5.38. The number of benzene rings is 2. The van der Waals surface area contributed by atoms with Crippen LogP contribution in [0.5, 0.6) is 0 Å². The Morgan fingerprint density at radius 1 is 0.933 bits per heavy atom. The molecule has 0 spiro atoms. The van der Waals surface area contributed by atoms with Gasteiger partial charge in [-0.2, -0.15) is 4.98 Å². The predicted molar refractivity (Wildman–Crippen MR) is 112 cm³/mol. The topological polar surface area (TPSA) is 66.2 Å². The molecule has 0 unspecified atom stereocenters. The van der Waals surface area contributed by atoms with Gasteiger partial charge in [-0.05, 0) is 35.4 Å². The van der Waals surface area contributed by atoms with Crippen LogP contribution < -0.4 is 11.2 Å². The number of fused-ring (bicyclic) bond motifs is 3. The molecule has 5 aromatic rings. The molecule has 0 radical (unpaired) electrons. The summed E-state index contributed by atoms with van der Waals surface area (Å²) >= 11 is 0. The minimum atomic E-state index is -0.429. The molecule has 0 bridgehead atoms. The summed E-state index contributed by atoms with van der Waals surface area (Å²) in [7, 11) is 3.05. The first-order valence-corrected chi connectivity index (χ1v) is 9.43. The minimum Gasteiger partial charge on any atom is -0.305 e. The quantitative estimate of drug-likeness (QED) is 0.465. The number of halogens is 1. The average Bonchev–Trinajstić information content (AvgIpc) is 3.29. The van der Waals surface area contributed by atoms with Gasteiger partial charge in [-0.3, -0.25) is 18.3 Å². The molecule has 0 saturated heterocycles. The van der Waals surface area contributed by atoms with Crippen LogP contribution in [0, 0.1) is 5.82 Å². The van der Waals surface area contributed by atoms with Gasteiger partial charge in [-0.25, -0.2) is 9.18 Å². The highest BCUT2D eigenvalue weighted by atomic mass is 19.1. The second-order valence-electron chi connectivity index (χ2n) is 7.25. The SMILES string of the molecule is Cn1c(=O)c2c(nc3n(Cc4ccccc4)c(-c4ccc(F)cc4)cn23)n(C)c1=O. The highest BCUT2D eigenvalue weighted by Gasteiger charge is 2.21. The minimum absolute atomic E-state index is 0.320. The van der Waals surface area contributed by atoms with Crippen molar-refractivity contribution in [2.24, 2.45) is 14.1 Å². The summed E-state index contributed by atoms with van der Waals surface area (Å²) in [6.45, 7) is 0.502. The molecular formula is C22H18FN5O2. The number of aryl methyl sites for hydroxylation is 1. The van der Waals surface area contributed by atoms with Gasteiger partial charge in [-0.1, -0.05) is 30.3 Å². The third-order valence-corrected chi connectivity index (χ3v) is 5.38. The monoisotopic (exact) mass is 403 g/mol. The first-order chi connectivity index (χ1) is 14.5. The van der Waals surface area contributed by atoms with Crippen molar-refractivity contribution in [2.75, 3.05) is 0 Å². The molecule has 30 heavy (non-hydrogen) atoms. The van der Waals surface area contributed by atoms with Crippen molar-refractivity contribution >= 4 is 16.9 Å². The van der Waals surface area contributed by atoms with Gasteiger partial charge in [-0.15, -0.1) is 0 Å². The number of rotatable bonds is 3. The largest absolute Gasteiger partial charge is 0.332 e. The Bertz CT molecular complexity index is 1520. The van der Waals surface area contributed by atoms with Crippen molar-refractivity contribution in [2.45, 2.75) is 6.54 Å². The first kappa shape index (κ1) is 18.1. The lowest BCUT2D eigenvalue weighted by Crippen LogP contribution is -2.37. The van der Waals surface area contributed by atoms with Crippen molar-refractivity contribution in [3.05, 3.63) is 93.0 Å². The average molecular weight is 403 g/mol.